The molecule has 0 radical (unpaired) electrons. The van der Waals surface area contributed by atoms with Crippen LogP contribution in [0.3, 0.4) is 0 Å². The number of hydrogen-bond acceptors (Lipinski definition) is 3. The van der Waals surface area contributed by atoms with Gasteiger partial charge in [0.25, 0.3) is 0 Å². The summed E-state index contributed by atoms with van der Waals surface area (Å²) in [7, 11) is 0. The van der Waals surface area contributed by atoms with Crippen molar-refractivity contribution < 1.29 is 9.18 Å². The summed E-state index contributed by atoms with van der Waals surface area (Å²) in [5, 5.41) is 11.7. The van der Waals surface area contributed by atoms with E-state index >= 15 is 0 Å². The largest absolute Gasteiger partial charge is 0.323 e. The van der Waals surface area contributed by atoms with Crippen molar-refractivity contribution >= 4 is 39.1 Å². The van der Waals surface area contributed by atoms with E-state index in [1.807, 2.05) is 13.8 Å². The van der Waals surface area contributed by atoms with Crippen LogP contribution in [-0.4, -0.2) is 25.5 Å². The molecule has 0 saturated carbocycles. The van der Waals surface area contributed by atoms with Crippen LogP contribution < -0.4 is 5.32 Å². The average molecular weight is 455 g/mol. The molecule has 0 saturated heterocycles. The minimum absolute atomic E-state index is 0.127. The Morgan fingerprint density at radius 1 is 1.37 bits per heavy atom. The van der Waals surface area contributed by atoms with Crippen molar-refractivity contribution in [2.75, 3.05) is 5.32 Å². The van der Waals surface area contributed by atoms with Crippen molar-refractivity contribution in [3.63, 3.8) is 0 Å². The third-order valence-electron chi connectivity index (χ3n) is 4.11. The van der Waals surface area contributed by atoms with Crippen molar-refractivity contribution in [3.8, 4) is 0 Å². The summed E-state index contributed by atoms with van der Waals surface area (Å²) in [6.07, 6.45) is 3.57. The molecular weight excluding hydrogens is 437 g/mol. The second kappa shape index (κ2) is 8.22. The third kappa shape index (κ3) is 4.75. The molecule has 0 aliphatic rings. The highest BCUT2D eigenvalue weighted by atomic mass is 79.9. The standard InChI is InChI=1S/C18H18BrClFN5O/c1-11-18(19)12(2)26(24-11)6-5-17(27)23-15-8-22-25(10-15)9-13-3-4-14(21)7-16(13)20/h3-4,7-8,10H,5-6,9H2,1-2H3,(H,23,27). The smallest absolute Gasteiger partial charge is 0.226 e. The number of nitrogens with zero attached hydrogens (tertiary/aromatic N) is 4. The lowest BCUT2D eigenvalue weighted by Crippen LogP contribution is -2.15. The molecule has 1 aromatic carbocycles. The highest BCUT2D eigenvalue weighted by Gasteiger charge is 2.11. The molecule has 0 aliphatic carbocycles. The number of amides is 1. The maximum Gasteiger partial charge on any atom is 0.226 e. The maximum absolute atomic E-state index is 13.1. The normalized spacial score (nSPS) is 11.0. The van der Waals surface area contributed by atoms with Gasteiger partial charge in [0.15, 0.2) is 0 Å². The van der Waals surface area contributed by atoms with Crippen LogP contribution in [0.5, 0.6) is 0 Å². The Labute approximate surface area is 169 Å². The number of rotatable bonds is 6. The number of halogens is 3. The highest BCUT2D eigenvalue weighted by molar-refractivity contribution is 9.10. The van der Waals surface area contributed by atoms with Crippen molar-refractivity contribution in [2.24, 2.45) is 0 Å². The Bertz CT molecular complexity index is 984. The van der Waals surface area contributed by atoms with E-state index in [1.54, 1.807) is 27.8 Å². The summed E-state index contributed by atoms with van der Waals surface area (Å²) >= 11 is 9.51. The molecule has 0 bridgehead atoms. The minimum atomic E-state index is -0.383. The summed E-state index contributed by atoms with van der Waals surface area (Å²) in [6.45, 7) is 4.74. The number of aryl methyl sites for hydroxylation is 2. The minimum Gasteiger partial charge on any atom is -0.323 e. The first-order chi connectivity index (χ1) is 12.8. The van der Waals surface area contributed by atoms with Gasteiger partial charge in [-0.2, -0.15) is 10.2 Å². The van der Waals surface area contributed by atoms with E-state index in [9.17, 15) is 9.18 Å². The van der Waals surface area contributed by atoms with Gasteiger partial charge in [-0.15, -0.1) is 0 Å². The van der Waals surface area contributed by atoms with Gasteiger partial charge < -0.3 is 5.32 Å². The Kier molecular flexibility index (Phi) is 5.96. The van der Waals surface area contributed by atoms with Gasteiger partial charge in [-0.1, -0.05) is 17.7 Å². The van der Waals surface area contributed by atoms with Gasteiger partial charge >= 0.3 is 0 Å². The lowest BCUT2D eigenvalue weighted by Gasteiger charge is -2.06. The van der Waals surface area contributed by atoms with E-state index in [2.05, 4.69) is 31.4 Å². The van der Waals surface area contributed by atoms with Crippen LogP contribution in [0.4, 0.5) is 10.1 Å². The van der Waals surface area contributed by atoms with Gasteiger partial charge in [0.2, 0.25) is 5.91 Å². The Hall–Kier alpha value is -2.19. The van der Waals surface area contributed by atoms with Crippen LogP contribution in [0, 0.1) is 19.7 Å². The molecule has 6 nitrogen and oxygen atoms in total. The molecule has 3 aromatic rings. The molecule has 0 spiro atoms. The SMILES string of the molecule is Cc1nn(CCC(=O)Nc2cnn(Cc3ccc(F)cc3Cl)c2)c(C)c1Br. The molecule has 0 aliphatic heterocycles. The average Bonchev–Trinajstić information content (AvgIpc) is 3.15. The number of carbonyl (C=O) groups is 1. The van der Waals surface area contributed by atoms with Crippen molar-refractivity contribution in [2.45, 2.75) is 33.4 Å². The fourth-order valence-electron chi connectivity index (χ4n) is 2.66. The van der Waals surface area contributed by atoms with E-state index in [0.29, 0.717) is 30.2 Å². The van der Waals surface area contributed by atoms with Crippen LogP contribution in [-0.2, 0) is 17.9 Å². The molecule has 0 unspecified atom stereocenters. The summed E-state index contributed by atoms with van der Waals surface area (Å²) in [6, 6.07) is 4.23. The molecule has 27 heavy (non-hydrogen) atoms. The summed E-state index contributed by atoms with van der Waals surface area (Å²) in [5.74, 6) is -0.509. The van der Waals surface area contributed by atoms with E-state index < -0.39 is 0 Å². The Morgan fingerprint density at radius 2 is 2.15 bits per heavy atom. The molecular formula is C18H18BrClFN5O. The molecule has 142 valence electrons. The number of nitrogens with one attached hydrogen (secondary N) is 1. The molecule has 2 heterocycles. The first-order valence-corrected chi connectivity index (χ1v) is 9.46. The van der Waals surface area contributed by atoms with Gasteiger partial charge in [0.05, 0.1) is 35.1 Å². The van der Waals surface area contributed by atoms with Crippen molar-refractivity contribution in [1.82, 2.24) is 19.6 Å². The van der Waals surface area contributed by atoms with Crippen LogP contribution >= 0.6 is 27.5 Å². The number of aromatic nitrogens is 4. The van der Waals surface area contributed by atoms with Crippen LogP contribution in [0.15, 0.2) is 35.1 Å². The highest BCUT2D eigenvalue weighted by Crippen LogP contribution is 2.20. The fourth-order valence-corrected chi connectivity index (χ4v) is 3.17. The van der Waals surface area contributed by atoms with Crippen molar-refractivity contribution in [3.05, 3.63) is 62.9 Å². The van der Waals surface area contributed by atoms with Crippen molar-refractivity contribution in [1.29, 1.82) is 0 Å². The van der Waals surface area contributed by atoms with Gasteiger partial charge in [-0.25, -0.2) is 4.39 Å². The van der Waals surface area contributed by atoms with Gasteiger partial charge in [0.1, 0.15) is 5.82 Å². The maximum atomic E-state index is 13.1. The summed E-state index contributed by atoms with van der Waals surface area (Å²) in [4.78, 5) is 12.2. The number of hydrogen-bond donors (Lipinski definition) is 1. The molecule has 3 rings (SSSR count). The number of benzene rings is 1. The van der Waals surface area contributed by atoms with Crippen LogP contribution in [0.25, 0.3) is 0 Å². The molecule has 1 N–H and O–H groups in total. The first-order valence-electron chi connectivity index (χ1n) is 8.29. The molecule has 1 amide bonds. The zero-order chi connectivity index (χ0) is 19.6. The summed E-state index contributed by atoms with van der Waals surface area (Å²) < 4.78 is 17.5. The monoisotopic (exact) mass is 453 g/mol. The Balaban J connectivity index is 1.56. The zero-order valence-corrected chi connectivity index (χ0v) is 17.2. The Morgan fingerprint density at radius 3 is 2.81 bits per heavy atom. The second-order valence-electron chi connectivity index (χ2n) is 6.17. The van der Waals surface area contributed by atoms with Gasteiger partial charge in [0, 0.05) is 23.3 Å². The summed E-state index contributed by atoms with van der Waals surface area (Å²) in [5.41, 5.74) is 3.22. The predicted molar refractivity (Wildman–Crippen MR) is 105 cm³/mol. The molecule has 9 heteroatoms. The van der Waals surface area contributed by atoms with Gasteiger partial charge in [-0.3, -0.25) is 14.2 Å². The fraction of sp³-hybridized carbons (Fsp3) is 0.278. The topological polar surface area (TPSA) is 64.7 Å². The molecule has 0 atom stereocenters. The van der Waals surface area contributed by atoms with E-state index in [1.165, 1.54) is 12.1 Å². The van der Waals surface area contributed by atoms with E-state index in [-0.39, 0.29) is 11.7 Å². The first kappa shape index (κ1) is 19.6. The number of carbonyl (C=O) groups excluding carboxylic acids is 1. The van der Waals surface area contributed by atoms with Crippen LogP contribution in [0.2, 0.25) is 5.02 Å². The third-order valence-corrected chi connectivity index (χ3v) is 5.61. The predicted octanol–water partition coefficient (Wildman–Crippen LogP) is 4.33. The quantitative estimate of drug-likeness (QED) is 0.603. The van der Waals surface area contributed by atoms with Crippen LogP contribution in [0.1, 0.15) is 23.4 Å². The lowest BCUT2D eigenvalue weighted by molar-refractivity contribution is -0.116. The second-order valence-corrected chi connectivity index (χ2v) is 7.37. The lowest BCUT2D eigenvalue weighted by atomic mass is 10.2. The zero-order valence-electron chi connectivity index (χ0n) is 14.8. The van der Waals surface area contributed by atoms with Gasteiger partial charge in [-0.05, 0) is 47.5 Å². The van der Waals surface area contributed by atoms with E-state index in [4.69, 9.17) is 11.6 Å². The molecule has 0 fully saturated rings. The number of anilines is 1. The molecule has 2 aromatic heterocycles. The van der Waals surface area contributed by atoms with E-state index in [0.717, 1.165) is 21.4 Å².